The summed E-state index contributed by atoms with van der Waals surface area (Å²) in [5.41, 5.74) is 0. The lowest BCUT2D eigenvalue weighted by molar-refractivity contribution is 0.906. The second-order valence-electron chi connectivity index (χ2n) is 0. The fourth-order valence-electron chi connectivity index (χ4n) is 0. The minimum Gasteiger partial charge on any atom is -0.116 e. The maximum Gasteiger partial charge on any atom is 0.116 e. The van der Waals surface area contributed by atoms with E-state index in [4.69, 9.17) is 3.98 Å². The van der Waals surface area contributed by atoms with Crippen LogP contribution < -0.4 is 0 Å². The van der Waals surface area contributed by atoms with Gasteiger partial charge in [0.25, 0.3) is 0 Å². The smallest absolute Gasteiger partial charge is 0.116 e. The van der Waals surface area contributed by atoms with Gasteiger partial charge in [-0.3, -0.25) is 0 Å². The molecule has 0 fully saturated rings. The fourth-order valence-corrected chi connectivity index (χ4v) is 0. The van der Waals surface area contributed by atoms with Crippen LogP contribution in [0.3, 0.4) is 0 Å². The summed E-state index contributed by atoms with van der Waals surface area (Å²) in [6.07, 6.45) is 0. The van der Waals surface area contributed by atoms with Crippen LogP contribution in [0.2, 0.25) is 0 Å². The van der Waals surface area contributed by atoms with E-state index >= 15 is 0 Å². The quantitative estimate of drug-likeness (QED) is 0.392. The van der Waals surface area contributed by atoms with Crippen LogP contribution in [0, 0.1) is 0 Å². The third-order valence-corrected chi connectivity index (χ3v) is 0. The van der Waals surface area contributed by atoms with Crippen LogP contribution in [-0.2, 0) is 0 Å². The summed E-state index contributed by atoms with van der Waals surface area (Å²) in [4.78, 5) is 0. The molecular weight excluding hydrogens is 78.5 g/mol. The lowest BCUT2D eigenvalue weighted by Gasteiger charge is -1.01. The molecule has 0 aliphatic carbocycles. The average Bonchev–Trinajstić information content (AvgIpc) is 1.50. The predicted octanol–water partition coefficient (Wildman–Crippen LogP) is 1.91. The highest BCUT2D eigenvalue weighted by molar-refractivity contribution is 6.06. The summed E-state index contributed by atoms with van der Waals surface area (Å²) in [7, 11) is 0. The van der Waals surface area contributed by atoms with Crippen molar-refractivity contribution in [3.05, 3.63) is 13.2 Å². The molecule has 0 spiro atoms. The monoisotopic (exact) mass is 82.0 g/mol. The molecule has 0 N–H and O–H groups in total. The Bertz CT molecular complexity index is 6.00. The molecule has 26 valence electrons. The van der Waals surface area contributed by atoms with Crippen molar-refractivity contribution >= 4 is 12.0 Å². The maximum absolute atomic E-state index is 8.97. The van der Waals surface area contributed by atoms with Crippen molar-refractivity contribution in [3.63, 3.8) is 0 Å². The normalized spacial score (nSPS) is 2.50. The van der Waals surface area contributed by atoms with Gasteiger partial charge in [-0.05, 0) is 0 Å². The molecule has 0 bridgehead atoms. The van der Waals surface area contributed by atoms with Gasteiger partial charge in [0.1, 0.15) is 12.0 Å². The molecule has 0 radical (unpaired) electrons. The molecule has 0 aromatic carbocycles. The Morgan fingerprint density at radius 1 is 1.25 bits per heavy atom. The maximum atomic E-state index is 8.97. The minimum absolute atomic E-state index is 3.00. The van der Waals surface area contributed by atoms with Crippen molar-refractivity contribution in [1.82, 2.24) is 0 Å². The first kappa shape index (κ1) is 9.03. The molecule has 2 heteroatoms. The fraction of sp³-hybridized carbons (Fsp3) is 0. The largest absolute Gasteiger partial charge is 0.116 e. The van der Waals surface area contributed by atoms with Gasteiger partial charge in [-0.1, -0.05) is 0 Å². The van der Waals surface area contributed by atoms with E-state index in [0.29, 0.717) is 0 Å². The van der Waals surface area contributed by atoms with Gasteiger partial charge in [0.15, 0.2) is 0 Å². The molecule has 0 amide bonds. The Labute approximate surface area is 30.1 Å². The highest BCUT2D eigenvalue weighted by Crippen LogP contribution is 1.56. The highest BCUT2D eigenvalue weighted by Gasteiger charge is 1.01. The molecule has 0 aliphatic rings. The minimum atomic E-state index is 3.00. The predicted molar refractivity (Wildman–Crippen MR) is 18.2 cm³/mol. The van der Waals surface area contributed by atoms with Crippen molar-refractivity contribution in [2.45, 2.75) is 0 Å². The van der Waals surface area contributed by atoms with E-state index < -0.39 is 0 Å². The summed E-state index contributed by atoms with van der Waals surface area (Å²) < 4.78 is 8.97. The third-order valence-electron chi connectivity index (χ3n) is 0. The molecule has 0 heterocycles. The number of hydrogen-bond acceptors (Lipinski definition) is 0. The van der Waals surface area contributed by atoms with Gasteiger partial charge < -0.3 is 0 Å². The summed E-state index contributed by atoms with van der Waals surface area (Å²) in [6.45, 7) is 6.00. The van der Waals surface area contributed by atoms with Crippen molar-refractivity contribution < 1.29 is 3.98 Å². The van der Waals surface area contributed by atoms with Crippen LogP contribution >= 0.6 is 12.0 Å². The Morgan fingerprint density at radius 2 is 1.25 bits per heavy atom. The lowest BCUT2D eigenvalue weighted by Crippen LogP contribution is -0.552. The molecule has 0 unspecified atom stereocenters. The molecule has 0 saturated heterocycles. The van der Waals surface area contributed by atoms with Crippen LogP contribution in [0.5, 0.6) is 0 Å². The van der Waals surface area contributed by atoms with Crippen molar-refractivity contribution in [2.75, 3.05) is 0 Å². The van der Waals surface area contributed by atoms with Gasteiger partial charge in [0.2, 0.25) is 0 Å². The van der Waals surface area contributed by atoms with E-state index in [0.717, 1.165) is 0 Å². The first-order valence-corrected chi connectivity index (χ1v) is 0.929. The van der Waals surface area contributed by atoms with Gasteiger partial charge in [0, 0.05) is 0 Å². The Balaban J connectivity index is 0. The molecule has 0 aromatic rings. The Morgan fingerprint density at radius 3 is 1.25 bits per heavy atom. The number of hydrogen-bond donors (Lipinski definition) is 0. The molecule has 0 saturated carbocycles. The van der Waals surface area contributed by atoms with Crippen LogP contribution in [0.1, 0.15) is 0 Å². The topological polar surface area (TPSA) is 0 Å². The second-order valence-corrected chi connectivity index (χ2v) is 0. The Hall–Kier alpha value is -0.0400. The molecule has 0 nitrogen and oxygen atoms in total. The van der Waals surface area contributed by atoms with Gasteiger partial charge in [-0.2, -0.15) is 0 Å². The standard InChI is InChI=1S/C2H4.ClF/c2*1-2/h1-2H2;. The summed E-state index contributed by atoms with van der Waals surface area (Å²) in [6, 6.07) is 0. The lowest BCUT2D eigenvalue weighted by atomic mass is 11.3. The first-order valence-electron chi connectivity index (χ1n) is 0.643. The zero-order valence-corrected chi connectivity index (χ0v) is 2.93. The molecule has 0 atom stereocenters. The third kappa shape index (κ3) is 1130. The number of halogens is 2. The van der Waals surface area contributed by atoms with Gasteiger partial charge in [-0.25, -0.2) is 0 Å². The van der Waals surface area contributed by atoms with E-state index in [2.05, 4.69) is 25.1 Å². The van der Waals surface area contributed by atoms with E-state index in [-0.39, 0.29) is 0 Å². The molecular formula is C2H4ClF. The SMILES string of the molecule is C=C.FCl. The van der Waals surface area contributed by atoms with E-state index in [9.17, 15) is 0 Å². The van der Waals surface area contributed by atoms with E-state index in [1.54, 1.807) is 0 Å². The van der Waals surface area contributed by atoms with Crippen LogP contribution in [0.25, 0.3) is 0 Å². The number of rotatable bonds is 0. The Kier molecular flexibility index (Phi) is 16000. The zero-order chi connectivity index (χ0) is 4.00. The average molecular weight is 82.5 g/mol. The van der Waals surface area contributed by atoms with Crippen LogP contribution in [0.4, 0.5) is 3.98 Å². The summed E-state index contributed by atoms with van der Waals surface area (Å²) >= 11 is 3.14. The summed E-state index contributed by atoms with van der Waals surface area (Å²) in [5.74, 6) is 0. The van der Waals surface area contributed by atoms with Crippen molar-refractivity contribution in [3.8, 4) is 0 Å². The van der Waals surface area contributed by atoms with Crippen LogP contribution in [0.15, 0.2) is 13.2 Å². The molecule has 0 rings (SSSR count). The van der Waals surface area contributed by atoms with E-state index in [1.165, 1.54) is 0 Å². The zero-order valence-electron chi connectivity index (χ0n) is 2.17. The molecule has 0 aliphatic heterocycles. The van der Waals surface area contributed by atoms with Gasteiger partial charge in [0.05, 0.1) is 0 Å². The second kappa shape index (κ2) is 7110. The van der Waals surface area contributed by atoms with E-state index in [1.807, 2.05) is 0 Å². The molecule has 4 heavy (non-hydrogen) atoms. The van der Waals surface area contributed by atoms with Crippen molar-refractivity contribution in [1.29, 1.82) is 0 Å². The van der Waals surface area contributed by atoms with Crippen LogP contribution in [-0.4, -0.2) is 0 Å². The van der Waals surface area contributed by atoms with Crippen molar-refractivity contribution in [2.24, 2.45) is 0 Å². The molecule has 0 aromatic heterocycles. The van der Waals surface area contributed by atoms with Gasteiger partial charge in [-0.15, -0.1) is 17.1 Å². The summed E-state index contributed by atoms with van der Waals surface area (Å²) in [5, 5.41) is 0. The first-order chi connectivity index (χ1) is 2.00. The van der Waals surface area contributed by atoms with Gasteiger partial charge >= 0.3 is 0 Å². The highest BCUT2D eigenvalue weighted by atomic mass is 35.5.